The van der Waals surface area contributed by atoms with Crippen molar-refractivity contribution in [2.75, 3.05) is 17.2 Å². The quantitative estimate of drug-likeness (QED) is 0.175. The van der Waals surface area contributed by atoms with Crippen LogP contribution in [0.2, 0.25) is 0 Å². The number of anilines is 2. The topological polar surface area (TPSA) is 67.4 Å². The van der Waals surface area contributed by atoms with Crippen LogP contribution < -0.4 is 15.4 Å². The van der Waals surface area contributed by atoms with Gasteiger partial charge in [0.2, 0.25) is 11.8 Å². The minimum absolute atomic E-state index is 0.146. The molecule has 0 spiro atoms. The number of ether oxygens (including phenoxy) is 1. The van der Waals surface area contributed by atoms with E-state index < -0.39 is 5.25 Å². The maximum atomic E-state index is 13.4. The van der Waals surface area contributed by atoms with Crippen LogP contribution in [0.15, 0.2) is 120 Å². The van der Waals surface area contributed by atoms with Crippen molar-refractivity contribution in [2.24, 2.45) is 0 Å². The van der Waals surface area contributed by atoms with Crippen molar-refractivity contribution >= 4 is 41.0 Å². The molecule has 0 radical (unpaired) electrons. The number of benzene rings is 4. The number of hydrogen-bond donors (Lipinski definition) is 2. The number of carbonyl (C=O) groups excluding carboxylic acids is 2. The minimum Gasteiger partial charge on any atom is -0.492 e. The van der Waals surface area contributed by atoms with Gasteiger partial charge in [-0.05, 0) is 60.5 Å². The molecule has 6 heteroatoms. The molecule has 5 nitrogen and oxygen atoms in total. The van der Waals surface area contributed by atoms with Gasteiger partial charge in [-0.2, -0.15) is 0 Å². The van der Waals surface area contributed by atoms with Gasteiger partial charge in [0.15, 0.2) is 0 Å². The maximum Gasteiger partial charge on any atom is 0.248 e. The van der Waals surface area contributed by atoms with E-state index >= 15 is 0 Å². The molecule has 4 rings (SSSR count). The van der Waals surface area contributed by atoms with Crippen LogP contribution in [-0.4, -0.2) is 18.4 Å². The lowest BCUT2D eigenvalue weighted by molar-refractivity contribution is -0.116. The van der Waals surface area contributed by atoms with E-state index in [1.54, 1.807) is 6.08 Å². The van der Waals surface area contributed by atoms with Crippen LogP contribution in [0.4, 0.5) is 11.4 Å². The highest BCUT2D eigenvalue weighted by Gasteiger charge is 2.23. The number of para-hydroxylation sites is 2. The van der Waals surface area contributed by atoms with Gasteiger partial charge < -0.3 is 15.4 Å². The van der Waals surface area contributed by atoms with E-state index in [1.807, 2.05) is 116 Å². The Bertz CT molecular complexity index is 1340. The lowest BCUT2D eigenvalue weighted by Gasteiger charge is -2.18. The van der Waals surface area contributed by atoms with Gasteiger partial charge in [-0.1, -0.05) is 72.8 Å². The first-order chi connectivity index (χ1) is 18.1. The average Bonchev–Trinajstić information content (AvgIpc) is 2.94. The molecule has 0 heterocycles. The number of rotatable bonds is 10. The number of hydrogen-bond acceptors (Lipinski definition) is 4. The van der Waals surface area contributed by atoms with E-state index in [0.29, 0.717) is 23.7 Å². The molecule has 0 aromatic heterocycles. The summed E-state index contributed by atoms with van der Waals surface area (Å²) < 4.78 is 5.67. The van der Waals surface area contributed by atoms with Crippen LogP contribution in [0.5, 0.6) is 5.75 Å². The summed E-state index contributed by atoms with van der Waals surface area (Å²) in [6, 6.07) is 34.2. The Hall–Kier alpha value is -4.29. The van der Waals surface area contributed by atoms with Crippen molar-refractivity contribution < 1.29 is 14.3 Å². The highest BCUT2D eigenvalue weighted by atomic mass is 32.2. The molecule has 0 bridgehead atoms. The normalized spacial score (nSPS) is 11.6. The molecule has 0 saturated heterocycles. The van der Waals surface area contributed by atoms with Crippen LogP contribution >= 0.6 is 11.8 Å². The van der Waals surface area contributed by atoms with Crippen molar-refractivity contribution in [2.45, 2.75) is 17.1 Å². The fourth-order valence-electron chi connectivity index (χ4n) is 3.62. The van der Waals surface area contributed by atoms with E-state index in [2.05, 4.69) is 10.6 Å². The third-order valence-corrected chi connectivity index (χ3v) is 6.65. The summed E-state index contributed by atoms with van der Waals surface area (Å²) in [6.45, 7) is 2.42. The van der Waals surface area contributed by atoms with E-state index in [0.717, 1.165) is 16.0 Å². The van der Waals surface area contributed by atoms with Crippen LogP contribution in [-0.2, 0) is 9.59 Å². The lowest BCUT2D eigenvalue weighted by Crippen LogP contribution is -2.19. The van der Waals surface area contributed by atoms with E-state index in [1.165, 1.54) is 17.8 Å². The van der Waals surface area contributed by atoms with Crippen molar-refractivity contribution in [3.8, 4) is 5.75 Å². The molecule has 2 amide bonds. The van der Waals surface area contributed by atoms with E-state index in [4.69, 9.17) is 4.74 Å². The summed E-state index contributed by atoms with van der Waals surface area (Å²) in [6.07, 6.45) is 3.28. The van der Waals surface area contributed by atoms with Crippen LogP contribution in [0.25, 0.3) is 6.08 Å². The van der Waals surface area contributed by atoms with Crippen molar-refractivity contribution in [3.63, 3.8) is 0 Å². The zero-order valence-electron chi connectivity index (χ0n) is 20.5. The predicted molar refractivity (Wildman–Crippen MR) is 152 cm³/mol. The van der Waals surface area contributed by atoms with Crippen LogP contribution in [0.3, 0.4) is 0 Å². The molecular weight excluding hydrogens is 480 g/mol. The van der Waals surface area contributed by atoms with Crippen molar-refractivity contribution in [1.82, 2.24) is 0 Å². The maximum absolute atomic E-state index is 13.4. The van der Waals surface area contributed by atoms with Crippen LogP contribution in [0.1, 0.15) is 23.3 Å². The molecule has 186 valence electrons. The van der Waals surface area contributed by atoms with Gasteiger partial charge in [0.05, 0.1) is 12.3 Å². The largest absolute Gasteiger partial charge is 0.492 e. The van der Waals surface area contributed by atoms with Crippen molar-refractivity contribution in [1.29, 1.82) is 0 Å². The zero-order chi connectivity index (χ0) is 25.9. The third-order valence-electron chi connectivity index (χ3n) is 5.39. The number of amides is 2. The Kier molecular flexibility index (Phi) is 9.16. The number of thioether (sulfide) groups is 1. The second kappa shape index (κ2) is 13.1. The monoisotopic (exact) mass is 508 g/mol. The fraction of sp³-hybridized carbons (Fsp3) is 0.0968. The molecule has 1 atom stereocenters. The predicted octanol–water partition coefficient (Wildman–Crippen LogP) is 7.21. The molecule has 2 N–H and O–H groups in total. The molecule has 0 aliphatic carbocycles. The summed E-state index contributed by atoms with van der Waals surface area (Å²) in [5, 5.41) is 5.42. The average molecular weight is 509 g/mol. The molecule has 0 aliphatic rings. The van der Waals surface area contributed by atoms with Crippen LogP contribution in [0, 0.1) is 0 Å². The van der Waals surface area contributed by atoms with Gasteiger partial charge in [0.1, 0.15) is 11.0 Å². The molecule has 0 fully saturated rings. The van der Waals surface area contributed by atoms with Crippen molar-refractivity contribution in [3.05, 3.63) is 126 Å². The summed E-state index contributed by atoms with van der Waals surface area (Å²) in [5.41, 5.74) is 3.16. The first kappa shape index (κ1) is 25.8. The standard InChI is InChI=1S/C31H28N2O3S/c1-2-36-28-16-10-9-15-27(28)33-31(35)30(24-13-7-4-8-14-24)37-26-20-18-25(19-21-26)32-29(34)22-17-23-11-5-3-6-12-23/h3-22,30H,2H2,1H3,(H,32,34)(H,33,35)/b22-17+. The van der Waals surface area contributed by atoms with E-state index in [9.17, 15) is 9.59 Å². The second-order valence-electron chi connectivity index (χ2n) is 8.08. The number of carbonyl (C=O) groups is 2. The van der Waals surface area contributed by atoms with Gasteiger partial charge in [-0.15, -0.1) is 11.8 Å². The highest BCUT2D eigenvalue weighted by molar-refractivity contribution is 8.00. The first-order valence-electron chi connectivity index (χ1n) is 12.0. The van der Waals surface area contributed by atoms with Gasteiger partial charge in [-0.3, -0.25) is 9.59 Å². The van der Waals surface area contributed by atoms with Gasteiger partial charge >= 0.3 is 0 Å². The molecule has 1 unspecified atom stereocenters. The Morgan fingerprint density at radius 1 is 0.811 bits per heavy atom. The minimum atomic E-state index is -0.481. The zero-order valence-corrected chi connectivity index (χ0v) is 21.3. The third kappa shape index (κ3) is 7.59. The first-order valence-corrected chi connectivity index (χ1v) is 12.9. The molecular formula is C31H28N2O3S. The smallest absolute Gasteiger partial charge is 0.248 e. The van der Waals surface area contributed by atoms with Gasteiger partial charge in [-0.25, -0.2) is 0 Å². The molecule has 37 heavy (non-hydrogen) atoms. The second-order valence-corrected chi connectivity index (χ2v) is 9.26. The SMILES string of the molecule is CCOc1ccccc1NC(=O)C(Sc1ccc(NC(=O)/C=C/c2ccccc2)cc1)c1ccccc1. The van der Waals surface area contributed by atoms with Gasteiger partial charge in [0.25, 0.3) is 0 Å². The van der Waals surface area contributed by atoms with Gasteiger partial charge in [0, 0.05) is 16.7 Å². The Labute approximate surface area is 221 Å². The summed E-state index contributed by atoms with van der Waals surface area (Å²) >= 11 is 1.44. The molecule has 4 aromatic rings. The Balaban J connectivity index is 1.45. The Morgan fingerprint density at radius 2 is 1.46 bits per heavy atom. The van der Waals surface area contributed by atoms with E-state index in [-0.39, 0.29) is 11.8 Å². The summed E-state index contributed by atoms with van der Waals surface area (Å²) in [4.78, 5) is 26.6. The molecule has 0 saturated carbocycles. The Morgan fingerprint density at radius 3 is 2.16 bits per heavy atom. The molecule has 4 aromatic carbocycles. The highest BCUT2D eigenvalue weighted by Crippen LogP contribution is 2.37. The summed E-state index contributed by atoms with van der Waals surface area (Å²) in [5.74, 6) is 0.280. The molecule has 0 aliphatic heterocycles. The summed E-state index contributed by atoms with van der Waals surface area (Å²) in [7, 11) is 0. The fourth-order valence-corrected chi connectivity index (χ4v) is 4.65. The lowest BCUT2D eigenvalue weighted by atomic mass is 10.1. The number of nitrogens with one attached hydrogen (secondary N) is 2.